The molecule has 1 aromatic carbocycles. The van der Waals surface area contributed by atoms with Gasteiger partial charge in [-0.05, 0) is 24.1 Å². The molecular weight excluding hydrogens is 204 g/mol. The second kappa shape index (κ2) is 5.16. The van der Waals surface area contributed by atoms with Crippen molar-refractivity contribution in [1.29, 1.82) is 0 Å². The lowest BCUT2D eigenvalue weighted by Crippen LogP contribution is -2.01. The molecule has 1 heterocycles. The first kappa shape index (κ1) is 10.5. The molecule has 0 aliphatic carbocycles. The van der Waals surface area contributed by atoms with Crippen molar-refractivity contribution in [2.75, 3.05) is 7.11 Å². The van der Waals surface area contributed by atoms with Gasteiger partial charge in [-0.3, -0.25) is 0 Å². The molecule has 0 atom stereocenters. The minimum absolute atomic E-state index is 0.665. The van der Waals surface area contributed by atoms with Crippen molar-refractivity contribution >= 4 is 0 Å². The molecule has 0 saturated carbocycles. The third-order valence-corrected chi connectivity index (χ3v) is 2.25. The van der Waals surface area contributed by atoms with Crippen LogP contribution in [-0.4, -0.2) is 27.5 Å². The Kier molecular flexibility index (Phi) is 3.38. The summed E-state index contributed by atoms with van der Waals surface area (Å²) in [6.45, 7) is 0. The Balaban J connectivity index is 1.94. The molecule has 0 saturated heterocycles. The highest BCUT2D eigenvalue weighted by Gasteiger charge is 1.99. The van der Waals surface area contributed by atoms with Crippen molar-refractivity contribution in [3.05, 3.63) is 42.0 Å². The number of rotatable bonds is 4. The van der Waals surface area contributed by atoms with Gasteiger partial charge < -0.3 is 4.74 Å². The fourth-order valence-corrected chi connectivity index (χ4v) is 1.38. The lowest BCUT2D eigenvalue weighted by Gasteiger charge is -2.02. The number of methoxy groups -OCH3 is 1. The Morgan fingerprint density at radius 1 is 1.00 bits per heavy atom. The zero-order valence-electron chi connectivity index (χ0n) is 9.00. The summed E-state index contributed by atoms with van der Waals surface area (Å²) in [5.74, 6) is 1.53. The van der Waals surface area contributed by atoms with Crippen LogP contribution in [-0.2, 0) is 12.8 Å². The van der Waals surface area contributed by atoms with Gasteiger partial charge in [-0.25, -0.2) is 0 Å². The number of hydrogen-bond donors (Lipinski definition) is 0. The van der Waals surface area contributed by atoms with Crippen molar-refractivity contribution in [2.45, 2.75) is 12.8 Å². The summed E-state index contributed by atoms with van der Waals surface area (Å²) in [7, 11) is 1.66. The molecule has 0 spiro atoms. The number of hydrogen-bond acceptors (Lipinski definition) is 5. The monoisotopic (exact) mass is 216 g/mol. The molecule has 2 aromatic rings. The maximum absolute atomic E-state index is 5.09. The quantitative estimate of drug-likeness (QED) is 0.764. The van der Waals surface area contributed by atoms with Gasteiger partial charge in [-0.2, -0.15) is 0 Å². The molecule has 5 heteroatoms. The van der Waals surface area contributed by atoms with Crippen LogP contribution in [0.5, 0.6) is 5.75 Å². The van der Waals surface area contributed by atoms with Crippen LogP contribution in [0.15, 0.2) is 30.6 Å². The van der Waals surface area contributed by atoms with E-state index in [1.165, 1.54) is 11.9 Å². The summed E-state index contributed by atoms with van der Waals surface area (Å²) < 4.78 is 5.09. The van der Waals surface area contributed by atoms with Crippen molar-refractivity contribution < 1.29 is 4.74 Å². The number of nitrogens with zero attached hydrogens (tertiary/aromatic N) is 4. The normalized spacial score (nSPS) is 10.1. The maximum atomic E-state index is 5.09. The standard InChI is InChI=1S/C11H12N4O/c1-16-10-5-2-9(3-6-10)4-7-11-14-12-8-13-15-11/h2-3,5-6,8H,4,7H2,1H3. The fraction of sp³-hybridized carbons (Fsp3) is 0.273. The Bertz CT molecular complexity index is 429. The molecule has 0 amide bonds. The minimum Gasteiger partial charge on any atom is -0.497 e. The molecule has 0 bridgehead atoms. The molecule has 16 heavy (non-hydrogen) atoms. The number of ether oxygens (including phenoxy) is 1. The molecule has 5 nitrogen and oxygen atoms in total. The summed E-state index contributed by atoms with van der Waals surface area (Å²) >= 11 is 0. The lowest BCUT2D eigenvalue weighted by atomic mass is 10.1. The summed E-state index contributed by atoms with van der Waals surface area (Å²) in [6, 6.07) is 7.95. The van der Waals surface area contributed by atoms with Gasteiger partial charge in [0.1, 0.15) is 5.75 Å². The average Bonchev–Trinajstić information content (AvgIpc) is 2.38. The molecular formula is C11H12N4O. The Morgan fingerprint density at radius 2 is 1.69 bits per heavy atom. The molecule has 1 aromatic heterocycles. The molecule has 82 valence electrons. The van der Waals surface area contributed by atoms with Gasteiger partial charge >= 0.3 is 0 Å². The molecule has 0 aliphatic heterocycles. The first-order chi connectivity index (χ1) is 7.88. The smallest absolute Gasteiger partial charge is 0.173 e. The zero-order valence-corrected chi connectivity index (χ0v) is 9.00. The minimum atomic E-state index is 0.665. The Morgan fingerprint density at radius 3 is 2.31 bits per heavy atom. The van der Waals surface area contributed by atoms with Gasteiger partial charge in [-0.15, -0.1) is 20.4 Å². The van der Waals surface area contributed by atoms with E-state index in [4.69, 9.17) is 4.74 Å². The van der Waals surface area contributed by atoms with Crippen molar-refractivity contribution in [2.24, 2.45) is 0 Å². The van der Waals surface area contributed by atoms with Gasteiger partial charge in [0.15, 0.2) is 12.2 Å². The van der Waals surface area contributed by atoms with Gasteiger partial charge in [-0.1, -0.05) is 12.1 Å². The van der Waals surface area contributed by atoms with E-state index in [0.29, 0.717) is 5.82 Å². The van der Waals surface area contributed by atoms with Crippen molar-refractivity contribution in [3.63, 3.8) is 0 Å². The number of aryl methyl sites for hydroxylation is 2. The van der Waals surface area contributed by atoms with Gasteiger partial charge in [0, 0.05) is 6.42 Å². The topological polar surface area (TPSA) is 60.8 Å². The van der Waals surface area contributed by atoms with Crippen LogP contribution in [0, 0.1) is 0 Å². The molecule has 0 radical (unpaired) electrons. The Labute approximate surface area is 93.5 Å². The highest BCUT2D eigenvalue weighted by Crippen LogP contribution is 2.12. The third kappa shape index (κ3) is 2.73. The van der Waals surface area contributed by atoms with E-state index in [1.54, 1.807) is 7.11 Å². The fourth-order valence-electron chi connectivity index (χ4n) is 1.38. The van der Waals surface area contributed by atoms with Crippen LogP contribution in [0.25, 0.3) is 0 Å². The van der Waals surface area contributed by atoms with Gasteiger partial charge in [0.25, 0.3) is 0 Å². The molecule has 0 aliphatic rings. The molecule has 0 fully saturated rings. The summed E-state index contributed by atoms with van der Waals surface area (Å²) in [6.07, 6.45) is 2.95. The summed E-state index contributed by atoms with van der Waals surface area (Å²) in [4.78, 5) is 0. The number of aromatic nitrogens is 4. The highest BCUT2D eigenvalue weighted by molar-refractivity contribution is 5.27. The largest absolute Gasteiger partial charge is 0.497 e. The van der Waals surface area contributed by atoms with E-state index in [0.717, 1.165) is 18.6 Å². The van der Waals surface area contributed by atoms with Crippen LogP contribution in [0.1, 0.15) is 11.4 Å². The Hall–Kier alpha value is -2.04. The lowest BCUT2D eigenvalue weighted by molar-refractivity contribution is 0.414. The first-order valence-electron chi connectivity index (χ1n) is 5.00. The second-order valence-corrected chi connectivity index (χ2v) is 3.31. The third-order valence-electron chi connectivity index (χ3n) is 2.25. The predicted octanol–water partition coefficient (Wildman–Crippen LogP) is 1.06. The van der Waals surface area contributed by atoms with E-state index in [-0.39, 0.29) is 0 Å². The summed E-state index contributed by atoms with van der Waals surface area (Å²) in [5.41, 5.74) is 1.22. The van der Waals surface area contributed by atoms with Crippen molar-refractivity contribution in [1.82, 2.24) is 20.4 Å². The van der Waals surface area contributed by atoms with E-state index in [9.17, 15) is 0 Å². The first-order valence-corrected chi connectivity index (χ1v) is 5.00. The maximum Gasteiger partial charge on any atom is 0.173 e. The van der Waals surface area contributed by atoms with Gasteiger partial charge in [0.05, 0.1) is 7.11 Å². The number of benzene rings is 1. The predicted molar refractivity (Wildman–Crippen MR) is 58.0 cm³/mol. The van der Waals surface area contributed by atoms with E-state index in [1.807, 2.05) is 24.3 Å². The van der Waals surface area contributed by atoms with Crippen LogP contribution in [0.3, 0.4) is 0 Å². The average molecular weight is 216 g/mol. The van der Waals surface area contributed by atoms with Crippen molar-refractivity contribution in [3.8, 4) is 5.75 Å². The highest BCUT2D eigenvalue weighted by atomic mass is 16.5. The van der Waals surface area contributed by atoms with E-state index >= 15 is 0 Å². The van der Waals surface area contributed by atoms with Crippen LogP contribution in [0.2, 0.25) is 0 Å². The zero-order chi connectivity index (χ0) is 11.2. The van der Waals surface area contributed by atoms with Crippen LogP contribution >= 0.6 is 0 Å². The molecule has 2 rings (SSSR count). The molecule has 0 unspecified atom stereocenters. The van der Waals surface area contributed by atoms with E-state index < -0.39 is 0 Å². The second-order valence-electron chi connectivity index (χ2n) is 3.31. The van der Waals surface area contributed by atoms with Gasteiger partial charge in [0.2, 0.25) is 0 Å². The van der Waals surface area contributed by atoms with Crippen LogP contribution < -0.4 is 4.74 Å². The molecule has 0 N–H and O–H groups in total. The van der Waals surface area contributed by atoms with Crippen LogP contribution in [0.4, 0.5) is 0 Å². The summed E-state index contributed by atoms with van der Waals surface area (Å²) in [5, 5.41) is 15.1. The van der Waals surface area contributed by atoms with E-state index in [2.05, 4.69) is 20.4 Å². The SMILES string of the molecule is COc1ccc(CCc2nncnn2)cc1.